The van der Waals surface area contributed by atoms with Gasteiger partial charge in [-0.05, 0) is 73.4 Å². The minimum atomic E-state index is 0.0117. The van der Waals surface area contributed by atoms with E-state index in [1.807, 2.05) is 29.2 Å². The molecule has 1 aromatic heterocycles. The quantitative estimate of drug-likeness (QED) is 0.638. The van der Waals surface area contributed by atoms with Crippen LogP contribution in [-0.2, 0) is 17.8 Å². The third-order valence-electron chi connectivity index (χ3n) is 6.44. The zero-order valence-electron chi connectivity index (χ0n) is 18.6. The number of aromatic nitrogens is 1. The average molecular weight is 455 g/mol. The highest BCUT2D eigenvalue weighted by atomic mass is 35.5. The summed E-state index contributed by atoms with van der Waals surface area (Å²) in [6.07, 6.45) is 8.81. The van der Waals surface area contributed by atoms with Crippen LogP contribution in [0, 0.1) is 0 Å². The molecule has 2 aliphatic rings. The van der Waals surface area contributed by atoms with Crippen molar-refractivity contribution in [3.05, 3.63) is 63.9 Å². The van der Waals surface area contributed by atoms with Crippen LogP contribution in [0.1, 0.15) is 65.1 Å². The van der Waals surface area contributed by atoms with Gasteiger partial charge in [-0.15, -0.1) is 0 Å². The van der Waals surface area contributed by atoms with E-state index in [9.17, 15) is 9.59 Å². The van der Waals surface area contributed by atoms with E-state index in [2.05, 4.69) is 15.6 Å². The van der Waals surface area contributed by atoms with E-state index in [1.54, 1.807) is 19.4 Å². The summed E-state index contributed by atoms with van der Waals surface area (Å²) in [5, 5.41) is 6.75. The van der Waals surface area contributed by atoms with E-state index >= 15 is 0 Å². The van der Waals surface area contributed by atoms with E-state index in [-0.39, 0.29) is 17.9 Å². The number of nitrogens with zero attached hydrogens (tertiary/aromatic N) is 2. The molecule has 0 radical (unpaired) electrons. The summed E-state index contributed by atoms with van der Waals surface area (Å²) < 4.78 is 0. The Morgan fingerprint density at radius 1 is 1.25 bits per heavy atom. The van der Waals surface area contributed by atoms with Gasteiger partial charge in [-0.2, -0.15) is 0 Å². The zero-order chi connectivity index (χ0) is 22.5. The van der Waals surface area contributed by atoms with Crippen LogP contribution in [0.25, 0.3) is 0 Å². The second-order valence-corrected chi connectivity index (χ2v) is 9.18. The minimum Gasteiger partial charge on any atom is -0.359 e. The molecule has 1 saturated carbocycles. The van der Waals surface area contributed by atoms with Crippen molar-refractivity contribution < 1.29 is 9.59 Å². The number of amides is 2. The van der Waals surface area contributed by atoms with E-state index in [0.29, 0.717) is 35.9 Å². The van der Waals surface area contributed by atoms with Crippen LogP contribution in [0.4, 0.5) is 0 Å². The average Bonchev–Trinajstić information content (AvgIpc) is 3.68. The molecule has 1 aliphatic heterocycles. The Bertz CT molecular complexity index is 970. The Morgan fingerprint density at radius 3 is 2.81 bits per heavy atom. The van der Waals surface area contributed by atoms with Gasteiger partial charge in [0.15, 0.2) is 0 Å². The largest absolute Gasteiger partial charge is 0.359 e. The smallest absolute Gasteiger partial charge is 0.256 e. The molecule has 2 aromatic rings. The number of rotatable bonds is 8. The van der Waals surface area contributed by atoms with Gasteiger partial charge in [0.25, 0.3) is 5.91 Å². The molecule has 1 unspecified atom stereocenters. The molecule has 1 saturated heterocycles. The maximum atomic E-state index is 13.7. The lowest BCUT2D eigenvalue weighted by Gasteiger charge is -2.28. The standard InChI is InChI=1S/C25H31ClN4O2/c1-27-24(31)9-5-17-4-8-23(26)19(13-17)16-30(20-6-7-20)25(32)22-15-29-12-10-21(22)18-3-2-11-28-14-18/h4,8,10,12-13,15,18,20,28H,2-3,5-7,9,11,14,16H2,1H3,(H,27,31). The molecule has 2 amide bonds. The fourth-order valence-electron chi connectivity index (χ4n) is 4.44. The molecule has 1 atom stereocenters. The first kappa shape index (κ1) is 22.7. The van der Waals surface area contributed by atoms with E-state index in [1.165, 1.54) is 0 Å². The molecule has 32 heavy (non-hydrogen) atoms. The Labute approximate surface area is 194 Å². The van der Waals surface area contributed by atoms with Crippen LogP contribution in [0.3, 0.4) is 0 Å². The van der Waals surface area contributed by atoms with Crippen molar-refractivity contribution in [3.8, 4) is 0 Å². The maximum absolute atomic E-state index is 13.7. The van der Waals surface area contributed by atoms with Gasteiger partial charge in [0.1, 0.15) is 0 Å². The van der Waals surface area contributed by atoms with Crippen molar-refractivity contribution in [3.63, 3.8) is 0 Å². The molecule has 170 valence electrons. The van der Waals surface area contributed by atoms with Gasteiger partial charge >= 0.3 is 0 Å². The topological polar surface area (TPSA) is 74.3 Å². The Balaban J connectivity index is 1.55. The van der Waals surface area contributed by atoms with Crippen molar-refractivity contribution >= 4 is 23.4 Å². The number of aryl methyl sites for hydroxylation is 1. The summed E-state index contributed by atoms with van der Waals surface area (Å²) in [7, 11) is 1.64. The highest BCUT2D eigenvalue weighted by Crippen LogP contribution is 2.34. The number of halogens is 1. The predicted molar refractivity (Wildman–Crippen MR) is 126 cm³/mol. The van der Waals surface area contributed by atoms with Crippen molar-refractivity contribution in [1.82, 2.24) is 20.5 Å². The molecule has 0 spiro atoms. The molecule has 6 nitrogen and oxygen atoms in total. The first-order valence-corrected chi connectivity index (χ1v) is 11.9. The summed E-state index contributed by atoms with van der Waals surface area (Å²) in [6, 6.07) is 8.10. The number of benzene rings is 1. The lowest BCUT2D eigenvalue weighted by atomic mass is 9.89. The van der Waals surface area contributed by atoms with E-state index in [4.69, 9.17) is 11.6 Å². The first-order valence-electron chi connectivity index (χ1n) is 11.5. The minimum absolute atomic E-state index is 0.0117. The van der Waals surface area contributed by atoms with Crippen LogP contribution in [-0.4, -0.2) is 47.9 Å². The lowest BCUT2D eigenvalue weighted by molar-refractivity contribution is -0.120. The van der Waals surface area contributed by atoms with Crippen LogP contribution < -0.4 is 10.6 Å². The SMILES string of the molecule is CNC(=O)CCc1ccc(Cl)c(CN(C(=O)c2cnccc2C2CCCNC2)C2CC2)c1. The lowest BCUT2D eigenvalue weighted by Crippen LogP contribution is -2.35. The van der Waals surface area contributed by atoms with Crippen molar-refractivity contribution in [1.29, 1.82) is 0 Å². The van der Waals surface area contributed by atoms with Crippen LogP contribution >= 0.6 is 11.6 Å². The third-order valence-corrected chi connectivity index (χ3v) is 6.81. The van der Waals surface area contributed by atoms with E-state index < -0.39 is 0 Å². The predicted octanol–water partition coefficient (Wildman–Crippen LogP) is 3.69. The first-order chi connectivity index (χ1) is 15.6. The normalized spacial score (nSPS) is 18.2. The van der Waals surface area contributed by atoms with Gasteiger partial charge in [0, 0.05) is 50.0 Å². The number of hydrogen-bond donors (Lipinski definition) is 2. The maximum Gasteiger partial charge on any atom is 0.256 e. The number of carbonyl (C=O) groups is 2. The molecule has 2 N–H and O–H groups in total. The second kappa shape index (κ2) is 10.5. The van der Waals surface area contributed by atoms with Crippen molar-refractivity contribution in [2.24, 2.45) is 0 Å². The number of nitrogens with one attached hydrogen (secondary N) is 2. The zero-order valence-corrected chi connectivity index (χ0v) is 19.3. The van der Waals surface area contributed by atoms with Gasteiger partial charge < -0.3 is 15.5 Å². The van der Waals surface area contributed by atoms with Crippen molar-refractivity contribution in [2.75, 3.05) is 20.1 Å². The Morgan fingerprint density at radius 2 is 2.09 bits per heavy atom. The second-order valence-electron chi connectivity index (χ2n) is 8.77. The van der Waals surface area contributed by atoms with Crippen LogP contribution in [0.15, 0.2) is 36.7 Å². The fourth-order valence-corrected chi connectivity index (χ4v) is 4.61. The Hall–Kier alpha value is -2.44. The Kier molecular flexibility index (Phi) is 7.43. The molecule has 2 heterocycles. The molecular weight excluding hydrogens is 424 g/mol. The van der Waals surface area contributed by atoms with E-state index in [0.717, 1.165) is 55.5 Å². The molecule has 2 fully saturated rings. The number of pyridine rings is 1. The molecule has 0 bridgehead atoms. The van der Waals surface area contributed by atoms with Gasteiger partial charge in [0.2, 0.25) is 5.91 Å². The summed E-state index contributed by atoms with van der Waals surface area (Å²) in [5.41, 5.74) is 3.77. The van der Waals surface area contributed by atoms with Crippen LogP contribution in [0.5, 0.6) is 0 Å². The van der Waals surface area contributed by atoms with Crippen LogP contribution in [0.2, 0.25) is 5.02 Å². The molecule has 1 aromatic carbocycles. The highest BCUT2D eigenvalue weighted by Gasteiger charge is 2.35. The summed E-state index contributed by atoms with van der Waals surface area (Å²) >= 11 is 6.52. The summed E-state index contributed by atoms with van der Waals surface area (Å²) in [4.78, 5) is 31.6. The summed E-state index contributed by atoms with van der Waals surface area (Å²) in [6.45, 7) is 2.40. The van der Waals surface area contributed by atoms with Gasteiger partial charge in [-0.25, -0.2) is 0 Å². The number of carbonyl (C=O) groups excluding carboxylic acids is 2. The number of piperidine rings is 1. The molecule has 7 heteroatoms. The third kappa shape index (κ3) is 5.48. The van der Waals surface area contributed by atoms with Gasteiger partial charge in [-0.1, -0.05) is 23.7 Å². The molecular formula is C25H31ClN4O2. The molecule has 1 aliphatic carbocycles. The monoisotopic (exact) mass is 454 g/mol. The number of hydrogen-bond acceptors (Lipinski definition) is 4. The fraction of sp³-hybridized carbons (Fsp3) is 0.480. The highest BCUT2D eigenvalue weighted by molar-refractivity contribution is 6.31. The summed E-state index contributed by atoms with van der Waals surface area (Å²) in [5.74, 6) is 0.383. The molecule has 4 rings (SSSR count). The van der Waals surface area contributed by atoms with Gasteiger partial charge in [-0.3, -0.25) is 14.6 Å². The van der Waals surface area contributed by atoms with Gasteiger partial charge in [0.05, 0.1) is 5.56 Å². The van der Waals surface area contributed by atoms with Crippen molar-refractivity contribution in [2.45, 2.75) is 57.0 Å².